The average Bonchev–Trinajstić information content (AvgIpc) is 2.53. The molecule has 0 aliphatic carbocycles. The van der Waals surface area contributed by atoms with E-state index in [0.29, 0.717) is 23.5 Å². The van der Waals surface area contributed by atoms with Gasteiger partial charge in [-0.25, -0.2) is 4.39 Å². The second kappa shape index (κ2) is 7.26. The van der Waals surface area contributed by atoms with Gasteiger partial charge in [-0.3, -0.25) is 4.79 Å². The number of nitrogen functional groups attached to an aromatic ring is 1. The first-order chi connectivity index (χ1) is 10.6. The smallest absolute Gasteiger partial charge is 0.251 e. The molecule has 0 aliphatic rings. The normalized spacial score (nSPS) is 10.0. The lowest BCUT2D eigenvalue weighted by molar-refractivity contribution is 0.0957. The first-order valence-corrected chi connectivity index (χ1v) is 6.76. The molecule has 3 N–H and O–H groups in total. The molecule has 0 aliphatic heterocycles. The lowest BCUT2D eigenvalue weighted by Gasteiger charge is -2.11. The van der Waals surface area contributed by atoms with Crippen LogP contribution in [0.1, 0.15) is 15.9 Å². The molecule has 0 radical (unpaired) electrons. The van der Waals surface area contributed by atoms with Crippen LogP contribution in [-0.4, -0.2) is 12.5 Å². The largest absolute Gasteiger partial charge is 0.487 e. The van der Waals surface area contributed by atoms with E-state index in [2.05, 4.69) is 11.9 Å². The summed E-state index contributed by atoms with van der Waals surface area (Å²) in [6.07, 6.45) is 1.60. The second-order valence-corrected chi connectivity index (χ2v) is 4.67. The van der Waals surface area contributed by atoms with Crippen LogP contribution in [0.15, 0.2) is 55.1 Å². The van der Waals surface area contributed by atoms with Gasteiger partial charge in [0, 0.05) is 12.1 Å². The van der Waals surface area contributed by atoms with E-state index in [4.69, 9.17) is 10.5 Å². The molecule has 0 bridgehead atoms. The van der Waals surface area contributed by atoms with Gasteiger partial charge in [-0.2, -0.15) is 0 Å². The molecule has 0 spiro atoms. The predicted octanol–water partition coefficient (Wildman–Crippen LogP) is 2.90. The number of ether oxygens (including phenoxy) is 1. The number of amides is 1. The fourth-order valence-corrected chi connectivity index (χ4v) is 1.81. The van der Waals surface area contributed by atoms with Crippen molar-refractivity contribution in [3.63, 3.8) is 0 Å². The van der Waals surface area contributed by atoms with Crippen molar-refractivity contribution in [2.24, 2.45) is 0 Å². The number of carbonyl (C=O) groups excluding carboxylic acids is 1. The van der Waals surface area contributed by atoms with E-state index in [-0.39, 0.29) is 18.3 Å². The molecule has 4 nitrogen and oxygen atoms in total. The number of hydrogen-bond donors (Lipinski definition) is 2. The highest BCUT2D eigenvalue weighted by Crippen LogP contribution is 2.24. The fraction of sp³-hybridized carbons (Fsp3) is 0.118. The minimum atomic E-state index is -0.302. The quantitative estimate of drug-likeness (QED) is 0.637. The molecule has 0 aromatic heterocycles. The SMILES string of the molecule is C=CCNC(=O)c1ccc(N)c(OCc2ccc(F)cc2)c1. The van der Waals surface area contributed by atoms with Crippen LogP contribution < -0.4 is 15.8 Å². The number of carbonyl (C=O) groups is 1. The molecule has 2 aromatic carbocycles. The Morgan fingerprint density at radius 2 is 2.00 bits per heavy atom. The molecule has 114 valence electrons. The summed E-state index contributed by atoms with van der Waals surface area (Å²) in [6.45, 7) is 4.16. The van der Waals surface area contributed by atoms with E-state index < -0.39 is 0 Å². The van der Waals surface area contributed by atoms with Gasteiger partial charge in [0.25, 0.3) is 5.91 Å². The molecule has 0 unspecified atom stereocenters. The third kappa shape index (κ3) is 4.09. The second-order valence-electron chi connectivity index (χ2n) is 4.67. The molecule has 0 fully saturated rings. The van der Waals surface area contributed by atoms with Crippen molar-refractivity contribution in [2.45, 2.75) is 6.61 Å². The Kier molecular flexibility index (Phi) is 5.14. The van der Waals surface area contributed by atoms with Crippen molar-refractivity contribution >= 4 is 11.6 Å². The van der Waals surface area contributed by atoms with Crippen molar-refractivity contribution < 1.29 is 13.9 Å². The third-order valence-corrected chi connectivity index (χ3v) is 2.99. The number of halogens is 1. The number of nitrogens with two attached hydrogens (primary N) is 1. The molecule has 1 amide bonds. The number of nitrogens with one attached hydrogen (secondary N) is 1. The summed E-state index contributed by atoms with van der Waals surface area (Å²) >= 11 is 0. The van der Waals surface area contributed by atoms with Crippen LogP contribution in [0.5, 0.6) is 5.75 Å². The third-order valence-electron chi connectivity index (χ3n) is 2.99. The topological polar surface area (TPSA) is 64.4 Å². The first kappa shape index (κ1) is 15.6. The Labute approximate surface area is 128 Å². The van der Waals surface area contributed by atoms with E-state index in [1.807, 2.05) is 0 Å². The molecule has 5 heteroatoms. The van der Waals surface area contributed by atoms with E-state index in [1.165, 1.54) is 12.1 Å². The van der Waals surface area contributed by atoms with Gasteiger partial charge in [-0.1, -0.05) is 18.2 Å². The Hall–Kier alpha value is -2.82. The molecular weight excluding hydrogens is 283 g/mol. The van der Waals surface area contributed by atoms with Gasteiger partial charge in [0.05, 0.1) is 5.69 Å². The lowest BCUT2D eigenvalue weighted by atomic mass is 10.1. The molecule has 0 saturated heterocycles. The van der Waals surface area contributed by atoms with Crippen molar-refractivity contribution in [2.75, 3.05) is 12.3 Å². The van der Waals surface area contributed by atoms with E-state index in [9.17, 15) is 9.18 Å². The van der Waals surface area contributed by atoms with Crippen LogP contribution in [0.25, 0.3) is 0 Å². The molecule has 2 aromatic rings. The Morgan fingerprint density at radius 1 is 1.27 bits per heavy atom. The maximum atomic E-state index is 12.8. The highest BCUT2D eigenvalue weighted by Gasteiger charge is 2.09. The molecule has 2 rings (SSSR count). The van der Waals surface area contributed by atoms with E-state index in [0.717, 1.165) is 5.56 Å². The van der Waals surface area contributed by atoms with Gasteiger partial charge in [-0.15, -0.1) is 6.58 Å². The standard InChI is InChI=1S/C17H17FN2O2/c1-2-9-20-17(21)13-5-8-15(19)16(10-13)22-11-12-3-6-14(18)7-4-12/h2-8,10H,1,9,11,19H2,(H,20,21). The highest BCUT2D eigenvalue weighted by atomic mass is 19.1. The zero-order valence-electron chi connectivity index (χ0n) is 12.0. The minimum Gasteiger partial charge on any atom is -0.487 e. The summed E-state index contributed by atoms with van der Waals surface area (Å²) in [5.74, 6) is -0.119. The number of rotatable bonds is 6. The van der Waals surface area contributed by atoms with Crippen molar-refractivity contribution in [1.82, 2.24) is 5.32 Å². The van der Waals surface area contributed by atoms with Gasteiger partial charge < -0.3 is 15.8 Å². The highest BCUT2D eigenvalue weighted by molar-refractivity contribution is 5.95. The van der Waals surface area contributed by atoms with Crippen LogP contribution in [0, 0.1) is 5.82 Å². The Bertz CT molecular complexity index is 669. The molecular formula is C17H17FN2O2. The number of benzene rings is 2. The van der Waals surface area contributed by atoms with Crippen LogP contribution in [0.3, 0.4) is 0 Å². The zero-order chi connectivity index (χ0) is 15.9. The van der Waals surface area contributed by atoms with Gasteiger partial charge in [0.2, 0.25) is 0 Å². The monoisotopic (exact) mass is 300 g/mol. The summed E-state index contributed by atoms with van der Waals surface area (Å²) in [5.41, 5.74) is 7.53. The molecule has 22 heavy (non-hydrogen) atoms. The maximum absolute atomic E-state index is 12.8. The Balaban J connectivity index is 2.08. The van der Waals surface area contributed by atoms with Gasteiger partial charge in [0.1, 0.15) is 18.2 Å². The van der Waals surface area contributed by atoms with E-state index >= 15 is 0 Å². The summed E-state index contributed by atoms with van der Waals surface area (Å²) < 4.78 is 18.5. The van der Waals surface area contributed by atoms with Crippen LogP contribution >= 0.6 is 0 Å². The van der Waals surface area contributed by atoms with Gasteiger partial charge in [-0.05, 0) is 35.9 Å². The summed E-state index contributed by atoms with van der Waals surface area (Å²) in [4.78, 5) is 11.9. The first-order valence-electron chi connectivity index (χ1n) is 6.76. The van der Waals surface area contributed by atoms with Crippen molar-refractivity contribution in [1.29, 1.82) is 0 Å². The summed E-state index contributed by atoms with van der Waals surface area (Å²) in [7, 11) is 0. The molecule has 0 atom stereocenters. The summed E-state index contributed by atoms with van der Waals surface area (Å²) in [6, 6.07) is 10.8. The number of anilines is 1. The lowest BCUT2D eigenvalue weighted by Crippen LogP contribution is -2.23. The molecule has 0 heterocycles. The average molecular weight is 300 g/mol. The van der Waals surface area contributed by atoms with Crippen molar-refractivity contribution in [3.8, 4) is 5.75 Å². The minimum absolute atomic E-state index is 0.230. The maximum Gasteiger partial charge on any atom is 0.251 e. The van der Waals surface area contributed by atoms with Crippen LogP contribution in [0.4, 0.5) is 10.1 Å². The zero-order valence-corrected chi connectivity index (χ0v) is 12.0. The number of hydrogen-bond acceptors (Lipinski definition) is 3. The Morgan fingerprint density at radius 3 is 2.68 bits per heavy atom. The summed E-state index contributed by atoms with van der Waals surface area (Å²) in [5, 5.41) is 2.68. The van der Waals surface area contributed by atoms with Gasteiger partial charge in [0.15, 0.2) is 0 Å². The van der Waals surface area contributed by atoms with E-state index in [1.54, 1.807) is 36.4 Å². The van der Waals surface area contributed by atoms with Crippen LogP contribution in [-0.2, 0) is 6.61 Å². The fourth-order valence-electron chi connectivity index (χ4n) is 1.81. The van der Waals surface area contributed by atoms with Crippen LogP contribution in [0.2, 0.25) is 0 Å². The van der Waals surface area contributed by atoms with Crippen molar-refractivity contribution in [3.05, 3.63) is 72.1 Å². The van der Waals surface area contributed by atoms with Gasteiger partial charge >= 0.3 is 0 Å². The molecule has 0 saturated carbocycles. The predicted molar refractivity (Wildman–Crippen MR) is 84.1 cm³/mol.